The van der Waals surface area contributed by atoms with Gasteiger partial charge in [-0.1, -0.05) is 12.1 Å². The summed E-state index contributed by atoms with van der Waals surface area (Å²) in [6.45, 7) is 7.83. The number of aliphatic hydroxyl groups is 1. The molecule has 0 radical (unpaired) electrons. The van der Waals surface area contributed by atoms with Gasteiger partial charge in [-0.3, -0.25) is 0 Å². The van der Waals surface area contributed by atoms with Gasteiger partial charge in [-0.05, 0) is 33.6 Å². The van der Waals surface area contributed by atoms with Crippen molar-refractivity contribution in [2.75, 3.05) is 6.54 Å². The van der Waals surface area contributed by atoms with Gasteiger partial charge in [0, 0.05) is 12.1 Å². The molecule has 19 heavy (non-hydrogen) atoms. The van der Waals surface area contributed by atoms with E-state index in [9.17, 15) is 4.79 Å². The van der Waals surface area contributed by atoms with Crippen molar-refractivity contribution >= 4 is 6.03 Å². The molecule has 0 fully saturated rings. The Balaban J connectivity index is 2.55. The Kier molecular flexibility index (Phi) is 5.82. The lowest BCUT2D eigenvalue weighted by Crippen LogP contribution is -2.39. The number of carbonyl (C=O) groups excluding carboxylic acids is 1. The highest BCUT2D eigenvalue weighted by Crippen LogP contribution is 2.23. The van der Waals surface area contributed by atoms with Crippen molar-refractivity contribution < 1.29 is 14.4 Å². The van der Waals surface area contributed by atoms with Gasteiger partial charge >= 0.3 is 6.03 Å². The van der Waals surface area contributed by atoms with E-state index in [1.807, 2.05) is 20.8 Å². The van der Waals surface area contributed by atoms with E-state index >= 15 is 0 Å². The molecule has 2 atom stereocenters. The van der Waals surface area contributed by atoms with Gasteiger partial charge in [0.25, 0.3) is 0 Å². The molecule has 108 valence electrons. The summed E-state index contributed by atoms with van der Waals surface area (Å²) in [6.07, 6.45) is 0.882. The first-order valence-electron chi connectivity index (χ1n) is 6.60. The third kappa shape index (κ3) is 4.55. The monoisotopic (exact) mass is 269 g/mol. The number of rotatable bonds is 6. The van der Waals surface area contributed by atoms with E-state index in [1.54, 1.807) is 6.92 Å². The normalized spacial score (nSPS) is 13.9. The molecular weight excluding hydrogens is 246 g/mol. The highest BCUT2D eigenvalue weighted by atomic mass is 16.5. The minimum absolute atomic E-state index is 0.113. The van der Waals surface area contributed by atoms with Crippen LogP contribution in [0.4, 0.5) is 4.79 Å². The van der Waals surface area contributed by atoms with E-state index in [-0.39, 0.29) is 12.1 Å². The number of hydrogen-bond acceptors (Lipinski definition) is 4. The Morgan fingerprint density at radius 2 is 2.16 bits per heavy atom. The quantitative estimate of drug-likeness (QED) is 0.735. The SMILES string of the molecule is CCC(NC(=O)NCCC(C)O)c1c(C)noc1C. The molecule has 0 spiro atoms. The summed E-state index contributed by atoms with van der Waals surface area (Å²) in [7, 11) is 0. The first-order chi connectivity index (χ1) is 8.95. The molecule has 6 nitrogen and oxygen atoms in total. The van der Waals surface area contributed by atoms with Gasteiger partial charge in [-0.15, -0.1) is 0 Å². The molecule has 1 aromatic heterocycles. The fraction of sp³-hybridized carbons (Fsp3) is 0.692. The maximum absolute atomic E-state index is 11.8. The van der Waals surface area contributed by atoms with Crippen LogP contribution in [0.5, 0.6) is 0 Å². The Morgan fingerprint density at radius 1 is 1.47 bits per heavy atom. The fourth-order valence-corrected chi connectivity index (χ4v) is 1.97. The largest absolute Gasteiger partial charge is 0.393 e. The summed E-state index contributed by atoms with van der Waals surface area (Å²) < 4.78 is 5.12. The van der Waals surface area contributed by atoms with Crippen LogP contribution in [0.1, 0.15) is 49.7 Å². The van der Waals surface area contributed by atoms with E-state index < -0.39 is 6.10 Å². The fourth-order valence-electron chi connectivity index (χ4n) is 1.97. The molecule has 0 bridgehead atoms. The van der Waals surface area contributed by atoms with Gasteiger partial charge in [0.2, 0.25) is 0 Å². The number of aryl methyl sites for hydroxylation is 2. The molecule has 2 unspecified atom stereocenters. The lowest BCUT2D eigenvalue weighted by atomic mass is 10.0. The van der Waals surface area contributed by atoms with E-state index in [0.717, 1.165) is 23.4 Å². The molecule has 0 saturated carbocycles. The Morgan fingerprint density at radius 3 is 2.63 bits per heavy atom. The van der Waals surface area contributed by atoms with Gasteiger partial charge in [-0.25, -0.2) is 4.79 Å². The summed E-state index contributed by atoms with van der Waals surface area (Å²) in [6, 6.07) is -0.356. The number of nitrogens with one attached hydrogen (secondary N) is 2. The lowest BCUT2D eigenvalue weighted by Gasteiger charge is -2.17. The number of nitrogens with zero attached hydrogens (tertiary/aromatic N) is 1. The number of amides is 2. The van der Waals surface area contributed by atoms with E-state index in [1.165, 1.54) is 0 Å². The first kappa shape index (κ1) is 15.5. The Labute approximate surface area is 113 Å². The zero-order valence-electron chi connectivity index (χ0n) is 12.0. The number of aromatic nitrogens is 1. The second-order valence-corrected chi connectivity index (χ2v) is 4.74. The zero-order chi connectivity index (χ0) is 14.4. The maximum atomic E-state index is 11.8. The molecule has 2 amide bonds. The molecule has 0 aromatic carbocycles. The van der Waals surface area contributed by atoms with Crippen molar-refractivity contribution in [2.45, 2.75) is 52.7 Å². The first-order valence-corrected chi connectivity index (χ1v) is 6.60. The topological polar surface area (TPSA) is 87.4 Å². The van der Waals surface area contributed by atoms with Crippen molar-refractivity contribution in [1.29, 1.82) is 0 Å². The van der Waals surface area contributed by atoms with Crippen LogP contribution in [-0.2, 0) is 0 Å². The molecule has 0 saturated heterocycles. The highest BCUT2D eigenvalue weighted by molar-refractivity contribution is 5.74. The average molecular weight is 269 g/mol. The minimum atomic E-state index is -0.412. The predicted octanol–water partition coefficient (Wildman–Crippen LogP) is 1.81. The molecular formula is C13H23N3O3. The van der Waals surface area contributed by atoms with E-state index in [2.05, 4.69) is 15.8 Å². The summed E-state index contributed by atoms with van der Waals surface area (Å²) in [4.78, 5) is 11.8. The second kappa shape index (κ2) is 7.13. The highest BCUT2D eigenvalue weighted by Gasteiger charge is 2.20. The van der Waals surface area contributed by atoms with Crippen LogP contribution in [0, 0.1) is 13.8 Å². The van der Waals surface area contributed by atoms with Gasteiger partial charge in [0.1, 0.15) is 5.76 Å². The number of urea groups is 1. The molecule has 1 aromatic rings. The van der Waals surface area contributed by atoms with Crippen molar-refractivity contribution in [3.05, 3.63) is 17.0 Å². The van der Waals surface area contributed by atoms with Crippen LogP contribution >= 0.6 is 0 Å². The molecule has 0 aliphatic carbocycles. The lowest BCUT2D eigenvalue weighted by molar-refractivity contribution is 0.183. The van der Waals surface area contributed by atoms with Gasteiger partial charge < -0.3 is 20.3 Å². The van der Waals surface area contributed by atoms with Crippen LogP contribution in [0.25, 0.3) is 0 Å². The minimum Gasteiger partial charge on any atom is -0.393 e. The summed E-state index contributed by atoms with van der Waals surface area (Å²) in [5, 5.41) is 18.6. The van der Waals surface area contributed by atoms with Crippen molar-refractivity contribution in [3.8, 4) is 0 Å². The van der Waals surface area contributed by atoms with Crippen LogP contribution in [0.15, 0.2) is 4.52 Å². The summed E-state index contributed by atoms with van der Waals surface area (Å²) >= 11 is 0. The molecule has 0 aliphatic rings. The van der Waals surface area contributed by atoms with Crippen molar-refractivity contribution in [3.63, 3.8) is 0 Å². The molecule has 0 aliphatic heterocycles. The molecule has 1 rings (SSSR count). The molecule has 1 heterocycles. The zero-order valence-corrected chi connectivity index (χ0v) is 12.0. The van der Waals surface area contributed by atoms with Gasteiger partial charge in [-0.2, -0.15) is 0 Å². The van der Waals surface area contributed by atoms with Crippen molar-refractivity contribution in [2.24, 2.45) is 0 Å². The molecule has 6 heteroatoms. The smallest absolute Gasteiger partial charge is 0.315 e. The third-order valence-electron chi connectivity index (χ3n) is 3.00. The predicted molar refractivity (Wildman–Crippen MR) is 71.8 cm³/mol. The maximum Gasteiger partial charge on any atom is 0.315 e. The third-order valence-corrected chi connectivity index (χ3v) is 3.00. The van der Waals surface area contributed by atoms with Crippen LogP contribution in [0.2, 0.25) is 0 Å². The number of carbonyl (C=O) groups is 1. The average Bonchev–Trinajstić information content (AvgIpc) is 2.66. The van der Waals surface area contributed by atoms with Gasteiger partial charge in [0.15, 0.2) is 0 Å². The van der Waals surface area contributed by atoms with E-state index in [4.69, 9.17) is 9.63 Å². The Bertz CT molecular complexity index is 396. The van der Waals surface area contributed by atoms with Crippen LogP contribution in [-0.4, -0.2) is 28.9 Å². The van der Waals surface area contributed by atoms with Crippen LogP contribution < -0.4 is 10.6 Å². The van der Waals surface area contributed by atoms with Crippen molar-refractivity contribution in [1.82, 2.24) is 15.8 Å². The summed E-state index contributed by atoms with van der Waals surface area (Å²) in [5.41, 5.74) is 1.74. The standard InChI is InChI=1S/C13H23N3O3/c1-5-11(12-9(3)16-19-10(12)4)15-13(18)14-7-6-8(2)17/h8,11,17H,5-7H2,1-4H3,(H2,14,15,18). The number of aliphatic hydroxyl groups excluding tert-OH is 1. The van der Waals surface area contributed by atoms with Crippen LogP contribution in [0.3, 0.4) is 0 Å². The van der Waals surface area contributed by atoms with E-state index in [0.29, 0.717) is 13.0 Å². The summed E-state index contributed by atoms with van der Waals surface area (Å²) in [5.74, 6) is 0.730. The second-order valence-electron chi connectivity index (χ2n) is 4.74. The number of hydrogen-bond donors (Lipinski definition) is 3. The molecule has 3 N–H and O–H groups in total. The van der Waals surface area contributed by atoms with Gasteiger partial charge in [0.05, 0.1) is 17.8 Å². The Hall–Kier alpha value is -1.56.